The zero-order valence-electron chi connectivity index (χ0n) is 21.2. The number of hydrogen-bond donors (Lipinski definition) is 9. The maximum Gasteiger partial charge on any atom is 0.339 e. The van der Waals surface area contributed by atoms with Crippen molar-refractivity contribution in [3.8, 4) is 0 Å². The third-order valence-electron chi connectivity index (χ3n) is 7.87. The van der Waals surface area contributed by atoms with Crippen molar-refractivity contribution in [2.45, 2.75) is 98.7 Å². The van der Waals surface area contributed by atoms with Crippen molar-refractivity contribution in [2.75, 3.05) is 20.3 Å². The second kappa shape index (κ2) is 11.4. The van der Waals surface area contributed by atoms with Crippen LogP contribution in [0.3, 0.4) is 0 Å². The number of ether oxygens (including phenoxy) is 6. The third-order valence-corrected chi connectivity index (χ3v) is 7.87. The summed E-state index contributed by atoms with van der Waals surface area (Å²) >= 11 is 0. The number of rotatable bonds is 7. The molecule has 0 aromatic heterocycles. The minimum atomic E-state index is -1.91. The van der Waals surface area contributed by atoms with E-state index in [9.17, 15) is 50.8 Å². The fourth-order valence-electron chi connectivity index (χ4n) is 5.54. The van der Waals surface area contributed by atoms with Crippen LogP contribution in [0.25, 0.3) is 0 Å². The number of fused-ring (bicyclic) bond motifs is 1. The molecule has 14 atom stereocenters. The quantitative estimate of drug-likeness (QED) is 0.130. The van der Waals surface area contributed by atoms with E-state index >= 15 is 0 Å². The molecule has 16 nitrogen and oxygen atoms in total. The standard InChI is InChI=1S/C23H36O16/c1-22(32)3-4-23(33)8(18(31)34-2)6-35-21(17(22)23)39-20-16(30)14(28)12(26)10(38-20)7-36-19-15(29)13(27)11(25)9(5-24)37-19/h6,9-17,19-21,24-30,32-33H,3-5,7H2,1-2H3. The molecule has 9 N–H and O–H groups in total. The number of methoxy groups -OCH3 is 1. The molecule has 4 aliphatic rings. The average molecular weight is 569 g/mol. The van der Waals surface area contributed by atoms with Gasteiger partial charge in [0.15, 0.2) is 12.6 Å². The Morgan fingerprint density at radius 3 is 2.10 bits per heavy atom. The molecule has 39 heavy (non-hydrogen) atoms. The SMILES string of the molecule is COC(=O)C1=COC(OC2OC(COC3OC(CO)C(O)C(O)C3O)C(O)C(O)C2O)C2C(C)(O)CCC12O. The van der Waals surface area contributed by atoms with Crippen molar-refractivity contribution >= 4 is 5.97 Å². The smallest absolute Gasteiger partial charge is 0.339 e. The van der Waals surface area contributed by atoms with Gasteiger partial charge in [-0.1, -0.05) is 0 Å². The van der Waals surface area contributed by atoms with Crippen LogP contribution in [-0.2, 0) is 33.2 Å². The lowest BCUT2D eigenvalue weighted by molar-refractivity contribution is -0.360. The van der Waals surface area contributed by atoms with E-state index < -0.39 is 104 Å². The zero-order valence-corrected chi connectivity index (χ0v) is 21.2. The Bertz CT molecular complexity index is 911. The Hall–Kier alpha value is -1.51. The lowest BCUT2D eigenvalue weighted by Gasteiger charge is -2.46. The average Bonchev–Trinajstić information content (AvgIpc) is 3.17. The molecule has 0 bridgehead atoms. The molecule has 0 amide bonds. The summed E-state index contributed by atoms with van der Waals surface area (Å²) in [4.78, 5) is 12.2. The Balaban J connectivity index is 1.48. The first-order valence-electron chi connectivity index (χ1n) is 12.4. The number of aliphatic hydroxyl groups excluding tert-OH is 7. The van der Waals surface area contributed by atoms with E-state index in [1.54, 1.807) is 0 Å². The molecule has 0 aromatic carbocycles. The zero-order chi connectivity index (χ0) is 28.9. The lowest BCUT2D eigenvalue weighted by Crippen LogP contribution is -2.63. The largest absolute Gasteiger partial charge is 0.471 e. The second-order valence-corrected chi connectivity index (χ2v) is 10.5. The highest BCUT2D eigenvalue weighted by Gasteiger charge is 2.64. The van der Waals surface area contributed by atoms with Gasteiger partial charge in [0.1, 0.15) is 60.0 Å². The van der Waals surface area contributed by atoms with Crippen molar-refractivity contribution < 1.29 is 79.2 Å². The van der Waals surface area contributed by atoms with Crippen LogP contribution in [0, 0.1) is 5.92 Å². The molecular formula is C23H36O16. The van der Waals surface area contributed by atoms with E-state index in [0.717, 1.165) is 13.4 Å². The van der Waals surface area contributed by atoms with E-state index in [4.69, 9.17) is 28.4 Å². The lowest BCUT2D eigenvalue weighted by atomic mass is 9.77. The van der Waals surface area contributed by atoms with Gasteiger partial charge in [0, 0.05) is 0 Å². The topological polar surface area (TPSA) is 255 Å². The van der Waals surface area contributed by atoms with Crippen molar-refractivity contribution in [2.24, 2.45) is 5.92 Å². The number of hydrogen-bond acceptors (Lipinski definition) is 16. The van der Waals surface area contributed by atoms with Crippen LogP contribution < -0.4 is 0 Å². The van der Waals surface area contributed by atoms with Crippen molar-refractivity contribution in [1.82, 2.24) is 0 Å². The Kier molecular flexibility index (Phi) is 8.90. The number of carbonyl (C=O) groups excluding carboxylic acids is 1. The first-order valence-corrected chi connectivity index (χ1v) is 12.4. The normalized spacial score (nSPS) is 50.1. The van der Waals surface area contributed by atoms with Crippen LogP contribution in [0.4, 0.5) is 0 Å². The third kappa shape index (κ3) is 5.42. The van der Waals surface area contributed by atoms with Crippen molar-refractivity contribution in [3.63, 3.8) is 0 Å². The Morgan fingerprint density at radius 2 is 1.49 bits per heavy atom. The van der Waals surface area contributed by atoms with Gasteiger partial charge in [-0.3, -0.25) is 0 Å². The van der Waals surface area contributed by atoms with E-state index in [0.29, 0.717) is 0 Å². The molecule has 0 spiro atoms. The molecular weight excluding hydrogens is 532 g/mol. The predicted octanol–water partition coefficient (Wildman–Crippen LogP) is -5.07. The minimum absolute atomic E-state index is 0.0419. The summed E-state index contributed by atoms with van der Waals surface area (Å²) in [5, 5.41) is 93.1. The highest BCUT2D eigenvalue weighted by Crippen LogP contribution is 2.52. The monoisotopic (exact) mass is 568 g/mol. The molecule has 224 valence electrons. The minimum Gasteiger partial charge on any atom is -0.471 e. The van der Waals surface area contributed by atoms with E-state index in [1.165, 1.54) is 6.92 Å². The van der Waals surface area contributed by atoms with Gasteiger partial charge >= 0.3 is 5.97 Å². The van der Waals surface area contributed by atoms with Crippen LogP contribution in [-0.4, -0.2) is 151 Å². The second-order valence-electron chi connectivity index (χ2n) is 10.5. The fourth-order valence-corrected chi connectivity index (χ4v) is 5.54. The molecule has 4 rings (SSSR count). The van der Waals surface area contributed by atoms with Gasteiger partial charge in [0.25, 0.3) is 0 Å². The number of esters is 1. The van der Waals surface area contributed by atoms with Gasteiger partial charge in [0.2, 0.25) is 6.29 Å². The number of aliphatic hydroxyl groups is 9. The van der Waals surface area contributed by atoms with E-state index in [2.05, 4.69) is 0 Å². The molecule has 2 saturated heterocycles. The molecule has 16 heteroatoms. The summed E-state index contributed by atoms with van der Waals surface area (Å²) in [6.07, 6.45) is -16.9. The molecule has 14 unspecified atom stereocenters. The van der Waals surface area contributed by atoms with E-state index in [-0.39, 0.29) is 18.4 Å². The first-order chi connectivity index (χ1) is 18.3. The van der Waals surface area contributed by atoms with Crippen LogP contribution in [0.5, 0.6) is 0 Å². The molecule has 1 saturated carbocycles. The van der Waals surface area contributed by atoms with Crippen LogP contribution in [0.2, 0.25) is 0 Å². The van der Waals surface area contributed by atoms with Gasteiger partial charge in [0.05, 0.1) is 38.1 Å². The highest BCUT2D eigenvalue weighted by molar-refractivity contribution is 5.90. The summed E-state index contributed by atoms with van der Waals surface area (Å²) in [6.45, 7) is 0.124. The highest BCUT2D eigenvalue weighted by atomic mass is 16.8. The van der Waals surface area contributed by atoms with Gasteiger partial charge in [-0.2, -0.15) is 0 Å². The van der Waals surface area contributed by atoms with Gasteiger partial charge in [-0.25, -0.2) is 4.79 Å². The van der Waals surface area contributed by atoms with Crippen LogP contribution in [0.15, 0.2) is 11.8 Å². The fraction of sp³-hybridized carbons (Fsp3) is 0.870. The maximum atomic E-state index is 12.2. The van der Waals surface area contributed by atoms with Gasteiger partial charge in [-0.05, 0) is 19.8 Å². The first kappa shape index (κ1) is 30.4. The molecule has 0 aromatic rings. The van der Waals surface area contributed by atoms with Crippen LogP contribution in [0.1, 0.15) is 19.8 Å². The van der Waals surface area contributed by atoms with Crippen LogP contribution >= 0.6 is 0 Å². The van der Waals surface area contributed by atoms with E-state index in [1.807, 2.05) is 0 Å². The van der Waals surface area contributed by atoms with Crippen molar-refractivity contribution in [1.29, 1.82) is 0 Å². The summed E-state index contributed by atoms with van der Waals surface area (Å²) in [5.74, 6) is -2.13. The Labute approximate surface area is 222 Å². The van der Waals surface area contributed by atoms with Gasteiger partial charge < -0.3 is 74.4 Å². The number of carbonyl (C=O) groups is 1. The molecule has 1 aliphatic carbocycles. The summed E-state index contributed by atoms with van der Waals surface area (Å²) in [6, 6.07) is 0. The molecule has 0 radical (unpaired) electrons. The molecule has 3 fully saturated rings. The maximum absolute atomic E-state index is 12.2. The van der Waals surface area contributed by atoms with Gasteiger partial charge in [-0.15, -0.1) is 0 Å². The Morgan fingerprint density at radius 1 is 0.897 bits per heavy atom. The summed E-state index contributed by atoms with van der Waals surface area (Å²) < 4.78 is 32.1. The summed E-state index contributed by atoms with van der Waals surface area (Å²) in [5.41, 5.74) is -3.75. The van der Waals surface area contributed by atoms with Crippen molar-refractivity contribution in [3.05, 3.63) is 11.8 Å². The predicted molar refractivity (Wildman–Crippen MR) is 121 cm³/mol. The molecule has 3 aliphatic heterocycles. The summed E-state index contributed by atoms with van der Waals surface area (Å²) in [7, 11) is 1.11. The molecule has 3 heterocycles.